The fourth-order valence-corrected chi connectivity index (χ4v) is 5.99. The first-order valence-corrected chi connectivity index (χ1v) is 12.5. The second-order valence-electron chi connectivity index (χ2n) is 7.68. The summed E-state index contributed by atoms with van der Waals surface area (Å²) in [6, 6.07) is 27.1. The standard InChI is InChI=1S/C27H23I2NO/c1-19-7-4-8-20(17-19)9-6-16-30-18-21(14-15-26(30)31)22-10-2-3-11-23(22)27-24(28)12-5-13-25(27)29/h2-5,7-8,10-15,17-18H,6,9,16H2,1H3. The molecule has 156 valence electrons. The molecule has 0 aliphatic carbocycles. The summed E-state index contributed by atoms with van der Waals surface area (Å²) in [6.07, 6.45) is 3.92. The summed E-state index contributed by atoms with van der Waals surface area (Å²) < 4.78 is 4.30. The molecule has 0 atom stereocenters. The molecule has 0 amide bonds. The van der Waals surface area contributed by atoms with Gasteiger partial charge in [0.25, 0.3) is 5.56 Å². The molecule has 0 spiro atoms. The number of benzene rings is 3. The first-order valence-electron chi connectivity index (χ1n) is 10.3. The number of rotatable bonds is 6. The minimum absolute atomic E-state index is 0.0503. The normalized spacial score (nSPS) is 10.9. The minimum Gasteiger partial charge on any atom is -0.315 e. The summed E-state index contributed by atoms with van der Waals surface area (Å²) in [5.41, 5.74) is 7.31. The summed E-state index contributed by atoms with van der Waals surface area (Å²) in [5.74, 6) is 0. The third-order valence-electron chi connectivity index (χ3n) is 5.40. The zero-order valence-electron chi connectivity index (χ0n) is 17.3. The molecule has 3 aromatic carbocycles. The van der Waals surface area contributed by atoms with Crippen molar-refractivity contribution in [3.8, 4) is 22.3 Å². The molecular formula is C27H23I2NO. The molecule has 0 bridgehead atoms. The Morgan fingerprint density at radius 3 is 2.26 bits per heavy atom. The van der Waals surface area contributed by atoms with Crippen molar-refractivity contribution in [3.05, 3.63) is 114 Å². The maximum Gasteiger partial charge on any atom is 0.250 e. The van der Waals surface area contributed by atoms with Gasteiger partial charge in [-0.25, -0.2) is 0 Å². The maximum absolute atomic E-state index is 12.5. The lowest BCUT2D eigenvalue weighted by molar-refractivity contribution is 0.623. The Labute approximate surface area is 210 Å². The van der Waals surface area contributed by atoms with Gasteiger partial charge in [-0.3, -0.25) is 4.79 Å². The Hall–Kier alpha value is -1.93. The Morgan fingerprint density at radius 2 is 1.52 bits per heavy atom. The van der Waals surface area contributed by atoms with Crippen LogP contribution in [0.25, 0.3) is 22.3 Å². The van der Waals surface area contributed by atoms with E-state index in [1.165, 1.54) is 29.4 Å². The smallest absolute Gasteiger partial charge is 0.250 e. The van der Waals surface area contributed by atoms with Gasteiger partial charge in [0.15, 0.2) is 0 Å². The second-order valence-corrected chi connectivity index (χ2v) is 10.0. The van der Waals surface area contributed by atoms with Crippen LogP contribution in [0.3, 0.4) is 0 Å². The quantitative estimate of drug-likeness (QED) is 0.205. The zero-order chi connectivity index (χ0) is 21.8. The third-order valence-corrected chi connectivity index (χ3v) is 7.20. The van der Waals surface area contributed by atoms with Gasteiger partial charge in [-0.15, -0.1) is 0 Å². The van der Waals surface area contributed by atoms with E-state index in [2.05, 4.69) is 119 Å². The lowest BCUT2D eigenvalue weighted by atomic mass is 9.95. The fourth-order valence-electron chi connectivity index (χ4n) is 3.89. The van der Waals surface area contributed by atoms with E-state index in [0.717, 1.165) is 24.0 Å². The monoisotopic (exact) mass is 631 g/mol. The summed E-state index contributed by atoms with van der Waals surface area (Å²) in [7, 11) is 0. The first-order chi connectivity index (χ1) is 15.0. The van der Waals surface area contributed by atoms with Crippen LogP contribution < -0.4 is 5.56 Å². The van der Waals surface area contributed by atoms with Crippen LogP contribution >= 0.6 is 45.2 Å². The fraction of sp³-hybridized carbons (Fsp3) is 0.148. The number of halogens is 2. The number of hydrogen-bond donors (Lipinski definition) is 0. The van der Waals surface area contributed by atoms with Crippen molar-refractivity contribution in [2.45, 2.75) is 26.3 Å². The van der Waals surface area contributed by atoms with E-state index in [-0.39, 0.29) is 5.56 Å². The van der Waals surface area contributed by atoms with E-state index < -0.39 is 0 Å². The van der Waals surface area contributed by atoms with Gasteiger partial charge in [-0.2, -0.15) is 0 Å². The molecule has 0 N–H and O–H groups in total. The molecule has 4 rings (SSSR count). The van der Waals surface area contributed by atoms with Crippen LogP contribution in [0.15, 0.2) is 89.9 Å². The number of nitrogens with zero attached hydrogens (tertiary/aromatic N) is 1. The van der Waals surface area contributed by atoms with Crippen LogP contribution in [0.1, 0.15) is 17.5 Å². The van der Waals surface area contributed by atoms with E-state index in [9.17, 15) is 4.79 Å². The average molecular weight is 631 g/mol. The van der Waals surface area contributed by atoms with Crippen molar-refractivity contribution in [1.29, 1.82) is 0 Å². The van der Waals surface area contributed by atoms with Gasteiger partial charge in [-0.05, 0) is 105 Å². The van der Waals surface area contributed by atoms with Gasteiger partial charge in [-0.1, -0.05) is 60.2 Å². The largest absolute Gasteiger partial charge is 0.315 e. The molecule has 1 heterocycles. The molecular weight excluding hydrogens is 608 g/mol. The molecule has 1 aromatic heterocycles. The van der Waals surface area contributed by atoms with Gasteiger partial charge < -0.3 is 4.57 Å². The van der Waals surface area contributed by atoms with Gasteiger partial charge in [0.05, 0.1) is 0 Å². The highest BCUT2D eigenvalue weighted by atomic mass is 127. The summed E-state index contributed by atoms with van der Waals surface area (Å²) >= 11 is 4.81. The van der Waals surface area contributed by atoms with E-state index in [4.69, 9.17) is 0 Å². The van der Waals surface area contributed by atoms with Crippen LogP contribution in [-0.2, 0) is 13.0 Å². The van der Waals surface area contributed by atoms with Crippen molar-refractivity contribution >= 4 is 45.2 Å². The second kappa shape index (κ2) is 10.1. The van der Waals surface area contributed by atoms with Crippen LogP contribution in [0.5, 0.6) is 0 Å². The molecule has 0 saturated heterocycles. The maximum atomic E-state index is 12.5. The van der Waals surface area contributed by atoms with Crippen LogP contribution in [0.4, 0.5) is 0 Å². The van der Waals surface area contributed by atoms with Crippen LogP contribution in [-0.4, -0.2) is 4.57 Å². The average Bonchev–Trinajstić information content (AvgIpc) is 2.75. The highest BCUT2D eigenvalue weighted by Gasteiger charge is 2.13. The van der Waals surface area contributed by atoms with Gasteiger partial charge in [0.2, 0.25) is 0 Å². The first kappa shape index (κ1) is 22.3. The number of aryl methyl sites for hydroxylation is 3. The van der Waals surface area contributed by atoms with Crippen molar-refractivity contribution in [2.24, 2.45) is 0 Å². The summed E-state index contributed by atoms with van der Waals surface area (Å²) in [5, 5.41) is 0. The van der Waals surface area contributed by atoms with Gasteiger partial charge in [0.1, 0.15) is 0 Å². The third kappa shape index (κ3) is 5.29. The number of pyridine rings is 1. The SMILES string of the molecule is Cc1cccc(CCCn2cc(-c3ccccc3-c3c(I)cccc3I)ccc2=O)c1. The predicted molar refractivity (Wildman–Crippen MR) is 147 cm³/mol. The van der Waals surface area contributed by atoms with E-state index in [1.54, 1.807) is 6.07 Å². The van der Waals surface area contributed by atoms with E-state index in [0.29, 0.717) is 6.54 Å². The van der Waals surface area contributed by atoms with Gasteiger partial charge in [0, 0.05) is 31.5 Å². The molecule has 4 heteroatoms. The highest BCUT2D eigenvalue weighted by Crippen LogP contribution is 2.36. The molecule has 4 aromatic rings. The molecule has 0 fully saturated rings. The highest BCUT2D eigenvalue weighted by molar-refractivity contribution is 14.1. The Morgan fingerprint density at radius 1 is 0.806 bits per heavy atom. The van der Waals surface area contributed by atoms with Gasteiger partial charge >= 0.3 is 0 Å². The molecule has 0 aliphatic rings. The molecule has 31 heavy (non-hydrogen) atoms. The van der Waals surface area contributed by atoms with Crippen molar-refractivity contribution in [2.75, 3.05) is 0 Å². The van der Waals surface area contributed by atoms with Crippen molar-refractivity contribution in [1.82, 2.24) is 4.57 Å². The van der Waals surface area contributed by atoms with Crippen LogP contribution in [0.2, 0.25) is 0 Å². The Kier molecular flexibility index (Phi) is 7.27. The molecule has 0 unspecified atom stereocenters. The zero-order valence-corrected chi connectivity index (χ0v) is 21.6. The van der Waals surface area contributed by atoms with Crippen LogP contribution in [0, 0.1) is 14.1 Å². The molecule has 0 saturated carbocycles. The van der Waals surface area contributed by atoms with E-state index in [1.807, 2.05) is 16.8 Å². The Bertz CT molecular complexity index is 1260. The van der Waals surface area contributed by atoms with Crippen molar-refractivity contribution < 1.29 is 0 Å². The molecule has 0 aliphatic heterocycles. The minimum atomic E-state index is 0.0503. The lowest BCUT2D eigenvalue weighted by Crippen LogP contribution is -2.19. The predicted octanol–water partition coefficient (Wildman–Crippen LogP) is 7.33. The number of aromatic nitrogens is 1. The topological polar surface area (TPSA) is 22.0 Å². The molecule has 2 nitrogen and oxygen atoms in total. The lowest BCUT2D eigenvalue weighted by Gasteiger charge is -2.15. The Balaban J connectivity index is 1.64. The summed E-state index contributed by atoms with van der Waals surface area (Å²) in [6.45, 7) is 2.83. The van der Waals surface area contributed by atoms with E-state index >= 15 is 0 Å². The summed E-state index contributed by atoms with van der Waals surface area (Å²) in [4.78, 5) is 12.5. The number of hydrogen-bond acceptors (Lipinski definition) is 1. The molecule has 0 radical (unpaired) electrons. The van der Waals surface area contributed by atoms with Crippen molar-refractivity contribution in [3.63, 3.8) is 0 Å².